The molecule has 0 fully saturated rings. The van der Waals surface area contributed by atoms with Gasteiger partial charge in [0.1, 0.15) is 11.4 Å². The number of aryl methyl sites for hydroxylation is 3. The highest BCUT2D eigenvalue weighted by molar-refractivity contribution is 5.99. The van der Waals surface area contributed by atoms with Gasteiger partial charge in [-0.25, -0.2) is 4.98 Å². The Morgan fingerprint density at radius 2 is 2.17 bits per heavy atom. The van der Waals surface area contributed by atoms with Gasteiger partial charge in [-0.15, -0.1) is 0 Å². The second-order valence-electron chi connectivity index (χ2n) is 6.21. The van der Waals surface area contributed by atoms with Crippen molar-refractivity contribution < 1.29 is 9.21 Å². The molecular weight excluding hydrogens is 290 g/mol. The third kappa shape index (κ3) is 2.42. The van der Waals surface area contributed by atoms with E-state index in [1.165, 1.54) is 0 Å². The third-order valence-corrected chi connectivity index (χ3v) is 4.50. The van der Waals surface area contributed by atoms with E-state index in [4.69, 9.17) is 4.42 Å². The third-order valence-electron chi connectivity index (χ3n) is 4.50. The molecule has 1 amide bonds. The number of furan rings is 1. The number of aromatic nitrogens is 2. The minimum Gasteiger partial charge on any atom is -0.451 e. The van der Waals surface area contributed by atoms with Crippen LogP contribution < -0.4 is 5.32 Å². The summed E-state index contributed by atoms with van der Waals surface area (Å²) in [7, 11) is 0. The van der Waals surface area contributed by atoms with Gasteiger partial charge < -0.3 is 14.3 Å². The van der Waals surface area contributed by atoms with Crippen molar-refractivity contribution >= 4 is 16.9 Å². The Hall–Kier alpha value is -2.56. The molecule has 0 saturated heterocycles. The van der Waals surface area contributed by atoms with Gasteiger partial charge in [0.25, 0.3) is 5.91 Å². The maximum Gasteiger partial charge on any atom is 0.287 e. The summed E-state index contributed by atoms with van der Waals surface area (Å²) in [5.74, 6) is 1.38. The average molecular weight is 309 g/mol. The number of nitrogens with one attached hydrogen (secondary N) is 1. The van der Waals surface area contributed by atoms with Crippen LogP contribution in [0.25, 0.3) is 11.0 Å². The van der Waals surface area contributed by atoms with Crippen LogP contribution >= 0.6 is 0 Å². The Morgan fingerprint density at radius 3 is 3.00 bits per heavy atom. The highest BCUT2D eigenvalue weighted by atomic mass is 16.3. The van der Waals surface area contributed by atoms with Gasteiger partial charge >= 0.3 is 0 Å². The normalized spacial score (nSPS) is 17.2. The Bertz CT molecular complexity index is 891. The number of carbonyl (C=O) groups excluding carboxylic acids is 1. The molecule has 0 aliphatic carbocycles. The van der Waals surface area contributed by atoms with E-state index in [0.717, 1.165) is 47.4 Å². The summed E-state index contributed by atoms with van der Waals surface area (Å²) in [6, 6.07) is 7.84. The van der Waals surface area contributed by atoms with Crippen molar-refractivity contribution in [2.75, 3.05) is 0 Å². The van der Waals surface area contributed by atoms with Gasteiger partial charge in [0, 0.05) is 36.2 Å². The predicted molar refractivity (Wildman–Crippen MR) is 87.5 cm³/mol. The first-order valence-electron chi connectivity index (χ1n) is 7.93. The first kappa shape index (κ1) is 14.1. The highest BCUT2D eigenvalue weighted by Crippen LogP contribution is 2.25. The van der Waals surface area contributed by atoms with Gasteiger partial charge in [0.2, 0.25) is 0 Å². The number of rotatable bonds is 2. The largest absolute Gasteiger partial charge is 0.451 e. The zero-order chi connectivity index (χ0) is 16.0. The van der Waals surface area contributed by atoms with Gasteiger partial charge in [-0.05, 0) is 26.3 Å². The van der Waals surface area contributed by atoms with E-state index in [0.29, 0.717) is 5.76 Å². The van der Waals surface area contributed by atoms with Crippen molar-refractivity contribution in [2.45, 2.75) is 39.3 Å². The van der Waals surface area contributed by atoms with Gasteiger partial charge in [-0.1, -0.05) is 18.2 Å². The Morgan fingerprint density at radius 1 is 1.35 bits per heavy atom. The molecule has 3 heterocycles. The van der Waals surface area contributed by atoms with Crippen LogP contribution in [-0.4, -0.2) is 21.5 Å². The maximum atomic E-state index is 12.6. The lowest BCUT2D eigenvalue weighted by molar-refractivity contribution is 0.0900. The number of amides is 1. The van der Waals surface area contributed by atoms with Gasteiger partial charge in [0.15, 0.2) is 5.76 Å². The number of carbonyl (C=O) groups is 1. The molecule has 23 heavy (non-hydrogen) atoms. The SMILES string of the molecule is Cc1cn2c(n1)CC[C@@H](NC(=O)c1oc3ccccc3c1C)C2. The lowest BCUT2D eigenvalue weighted by Crippen LogP contribution is -2.40. The standard InChI is InChI=1S/C18H19N3O2/c1-11-9-21-10-13(7-8-16(21)19-11)20-18(22)17-12(2)14-5-3-4-6-15(14)23-17/h3-6,9,13H,7-8,10H2,1-2H3,(H,20,22)/t13-/m1/s1. The summed E-state index contributed by atoms with van der Waals surface area (Å²) in [5.41, 5.74) is 2.68. The van der Waals surface area contributed by atoms with Crippen LogP contribution in [-0.2, 0) is 13.0 Å². The zero-order valence-corrected chi connectivity index (χ0v) is 13.3. The number of imidazole rings is 1. The predicted octanol–water partition coefficient (Wildman–Crippen LogP) is 2.99. The van der Waals surface area contributed by atoms with E-state index < -0.39 is 0 Å². The van der Waals surface area contributed by atoms with E-state index in [1.54, 1.807) is 0 Å². The van der Waals surface area contributed by atoms with Crippen LogP contribution in [0.3, 0.4) is 0 Å². The molecule has 118 valence electrons. The Balaban J connectivity index is 1.55. The molecule has 5 nitrogen and oxygen atoms in total. The summed E-state index contributed by atoms with van der Waals surface area (Å²) < 4.78 is 7.88. The van der Waals surface area contributed by atoms with Crippen LogP contribution in [0.2, 0.25) is 0 Å². The topological polar surface area (TPSA) is 60.1 Å². The molecular formula is C18H19N3O2. The van der Waals surface area contributed by atoms with Crippen LogP contribution in [0.15, 0.2) is 34.9 Å². The molecule has 0 spiro atoms. The summed E-state index contributed by atoms with van der Waals surface area (Å²) in [6.07, 6.45) is 3.83. The summed E-state index contributed by atoms with van der Waals surface area (Å²) >= 11 is 0. The summed E-state index contributed by atoms with van der Waals surface area (Å²) in [6.45, 7) is 4.69. The average Bonchev–Trinajstić information content (AvgIpc) is 3.07. The zero-order valence-electron chi connectivity index (χ0n) is 13.3. The molecule has 1 aliphatic rings. The van der Waals surface area contributed by atoms with E-state index >= 15 is 0 Å². The van der Waals surface area contributed by atoms with Crippen molar-refractivity contribution in [3.8, 4) is 0 Å². The number of para-hydroxylation sites is 1. The molecule has 0 bridgehead atoms. The summed E-state index contributed by atoms with van der Waals surface area (Å²) in [5, 5.41) is 4.10. The molecule has 4 rings (SSSR count). The molecule has 1 aromatic carbocycles. The monoisotopic (exact) mass is 309 g/mol. The molecule has 3 aromatic rings. The van der Waals surface area contributed by atoms with E-state index in [-0.39, 0.29) is 11.9 Å². The van der Waals surface area contributed by atoms with Gasteiger partial charge in [-0.2, -0.15) is 0 Å². The van der Waals surface area contributed by atoms with E-state index in [2.05, 4.69) is 14.9 Å². The fourth-order valence-corrected chi connectivity index (χ4v) is 3.35. The van der Waals surface area contributed by atoms with Gasteiger partial charge in [-0.3, -0.25) is 4.79 Å². The lowest BCUT2D eigenvalue weighted by atomic mass is 10.1. The minimum atomic E-state index is -0.135. The second-order valence-corrected chi connectivity index (χ2v) is 6.21. The molecule has 1 N–H and O–H groups in total. The lowest BCUT2D eigenvalue weighted by Gasteiger charge is -2.24. The van der Waals surface area contributed by atoms with E-state index in [1.807, 2.05) is 44.3 Å². The summed E-state index contributed by atoms with van der Waals surface area (Å²) in [4.78, 5) is 17.1. The van der Waals surface area contributed by atoms with Crippen LogP contribution in [0, 0.1) is 13.8 Å². The maximum absolute atomic E-state index is 12.6. The van der Waals surface area contributed by atoms with Crippen molar-refractivity contribution in [1.82, 2.24) is 14.9 Å². The molecule has 0 radical (unpaired) electrons. The molecule has 1 aliphatic heterocycles. The van der Waals surface area contributed by atoms with Crippen LogP contribution in [0.1, 0.15) is 34.1 Å². The van der Waals surface area contributed by atoms with Crippen LogP contribution in [0.5, 0.6) is 0 Å². The van der Waals surface area contributed by atoms with Crippen molar-refractivity contribution in [1.29, 1.82) is 0 Å². The smallest absolute Gasteiger partial charge is 0.287 e. The van der Waals surface area contributed by atoms with Crippen LogP contribution in [0.4, 0.5) is 0 Å². The van der Waals surface area contributed by atoms with Crippen molar-refractivity contribution in [2.24, 2.45) is 0 Å². The fraction of sp³-hybridized carbons (Fsp3) is 0.333. The molecule has 2 aromatic heterocycles. The quantitative estimate of drug-likeness (QED) is 0.791. The molecule has 1 atom stereocenters. The van der Waals surface area contributed by atoms with Gasteiger partial charge in [0.05, 0.1) is 5.69 Å². The van der Waals surface area contributed by atoms with Crippen molar-refractivity contribution in [3.05, 3.63) is 53.3 Å². The molecule has 5 heteroatoms. The number of hydrogen-bond acceptors (Lipinski definition) is 3. The molecule has 0 unspecified atom stereocenters. The number of benzene rings is 1. The minimum absolute atomic E-state index is 0.108. The fourth-order valence-electron chi connectivity index (χ4n) is 3.35. The first-order valence-corrected chi connectivity index (χ1v) is 7.93. The van der Waals surface area contributed by atoms with Crippen molar-refractivity contribution in [3.63, 3.8) is 0 Å². The Labute approximate surface area is 134 Å². The number of hydrogen-bond donors (Lipinski definition) is 1. The number of nitrogens with zero attached hydrogens (tertiary/aromatic N) is 2. The molecule has 0 saturated carbocycles. The first-order chi connectivity index (χ1) is 11.1. The second kappa shape index (κ2) is 5.26. The number of fused-ring (bicyclic) bond motifs is 2. The van der Waals surface area contributed by atoms with E-state index in [9.17, 15) is 4.79 Å². The highest BCUT2D eigenvalue weighted by Gasteiger charge is 2.24. The Kier molecular flexibility index (Phi) is 3.22.